The summed E-state index contributed by atoms with van der Waals surface area (Å²) in [4.78, 5) is 2.52. The lowest BCUT2D eigenvalue weighted by molar-refractivity contribution is 0.284. The Hall–Kier alpha value is -1.24. The third-order valence-corrected chi connectivity index (χ3v) is 4.77. The Bertz CT molecular complexity index is 525. The van der Waals surface area contributed by atoms with Gasteiger partial charge in [0.25, 0.3) is 0 Å². The fourth-order valence-corrected chi connectivity index (χ4v) is 3.51. The minimum atomic E-state index is 0.540. The first-order valence-electron chi connectivity index (χ1n) is 7.87. The van der Waals surface area contributed by atoms with Gasteiger partial charge in [-0.05, 0) is 29.7 Å². The van der Waals surface area contributed by atoms with Gasteiger partial charge in [0.15, 0.2) is 0 Å². The summed E-state index contributed by atoms with van der Waals surface area (Å²) in [5.41, 5.74) is 0. The minimum absolute atomic E-state index is 0.540. The number of nitrogens with zero attached hydrogens (tertiary/aromatic N) is 1. The van der Waals surface area contributed by atoms with E-state index in [0.717, 1.165) is 5.92 Å². The molecule has 1 aromatic rings. The van der Waals surface area contributed by atoms with Crippen LogP contribution in [0.15, 0.2) is 24.3 Å². The van der Waals surface area contributed by atoms with Gasteiger partial charge in [-0.1, -0.05) is 62.4 Å². The maximum atomic E-state index is 2.52. The van der Waals surface area contributed by atoms with Crippen molar-refractivity contribution in [1.82, 2.24) is 4.90 Å². The van der Waals surface area contributed by atoms with E-state index in [1.807, 2.05) is 0 Å². The molecule has 1 aliphatic heterocycles. The first-order valence-corrected chi connectivity index (χ1v) is 7.87. The summed E-state index contributed by atoms with van der Waals surface area (Å²) < 4.78 is 0. The molecular formula is C18H25N. The topological polar surface area (TPSA) is 3.24 Å². The van der Waals surface area contributed by atoms with E-state index >= 15 is 0 Å². The molecule has 0 N–H and O–H groups in total. The highest BCUT2D eigenvalue weighted by atomic mass is 15.1. The second-order valence-corrected chi connectivity index (χ2v) is 6.20. The van der Waals surface area contributed by atoms with Gasteiger partial charge in [0.1, 0.15) is 0 Å². The Kier molecular flexibility index (Phi) is 3.91. The van der Waals surface area contributed by atoms with Crippen LogP contribution in [-0.4, -0.2) is 17.5 Å². The van der Waals surface area contributed by atoms with Gasteiger partial charge >= 0.3 is 0 Å². The molecular weight excluding hydrogens is 230 g/mol. The average Bonchev–Trinajstić information content (AvgIpc) is 2.46. The van der Waals surface area contributed by atoms with E-state index in [1.165, 1.54) is 55.5 Å². The second-order valence-electron chi connectivity index (χ2n) is 6.20. The zero-order chi connectivity index (χ0) is 13.1. The van der Waals surface area contributed by atoms with E-state index in [2.05, 4.69) is 48.4 Å². The molecule has 19 heavy (non-hydrogen) atoms. The summed E-state index contributed by atoms with van der Waals surface area (Å²) in [5, 5.41) is 2.77. The summed E-state index contributed by atoms with van der Waals surface area (Å²) in [7, 11) is 0. The summed E-state index contributed by atoms with van der Waals surface area (Å²) >= 11 is 0. The van der Waals surface area contributed by atoms with Gasteiger partial charge in [-0.25, -0.2) is 0 Å². The van der Waals surface area contributed by atoms with Crippen molar-refractivity contribution < 1.29 is 0 Å². The number of fused-ring (bicyclic) bond motifs is 1. The van der Waals surface area contributed by atoms with Crippen LogP contribution in [-0.2, 0) is 0 Å². The lowest BCUT2D eigenvalue weighted by atomic mass is 9.87. The Morgan fingerprint density at radius 2 is 1.79 bits per heavy atom. The molecule has 102 valence electrons. The highest BCUT2D eigenvalue weighted by molar-refractivity contribution is 5.41. The van der Waals surface area contributed by atoms with Crippen LogP contribution in [0.4, 0.5) is 0 Å². The molecule has 1 aromatic carbocycles. The van der Waals surface area contributed by atoms with Crippen molar-refractivity contribution in [3.05, 3.63) is 34.7 Å². The summed E-state index contributed by atoms with van der Waals surface area (Å²) in [6.45, 7) is 3.53. The monoisotopic (exact) mass is 255 g/mol. The van der Waals surface area contributed by atoms with Crippen molar-refractivity contribution in [2.24, 2.45) is 5.92 Å². The molecule has 0 spiro atoms. The maximum Gasteiger partial charge on any atom is 0.0448 e. The molecule has 1 unspecified atom stereocenters. The normalized spacial score (nSPS) is 23.4. The molecule has 3 rings (SSSR count). The largest absolute Gasteiger partial charge is 0.371 e. The van der Waals surface area contributed by atoms with Crippen molar-refractivity contribution in [2.75, 3.05) is 6.54 Å². The summed E-state index contributed by atoms with van der Waals surface area (Å²) in [6, 6.07) is 9.26. The molecule has 1 fully saturated rings. The fourth-order valence-electron chi connectivity index (χ4n) is 3.51. The van der Waals surface area contributed by atoms with Crippen molar-refractivity contribution in [3.63, 3.8) is 0 Å². The molecule has 0 radical (unpaired) electrons. The second kappa shape index (κ2) is 5.81. The van der Waals surface area contributed by atoms with E-state index in [4.69, 9.17) is 0 Å². The van der Waals surface area contributed by atoms with Crippen molar-refractivity contribution in [3.8, 4) is 0 Å². The molecule has 0 saturated heterocycles. The van der Waals surface area contributed by atoms with Crippen LogP contribution >= 0.6 is 0 Å². The molecule has 1 nitrogen and oxygen atoms in total. The van der Waals surface area contributed by atoms with Crippen LogP contribution in [0, 0.1) is 5.92 Å². The number of rotatable bonds is 3. The van der Waals surface area contributed by atoms with Crippen molar-refractivity contribution in [2.45, 2.75) is 51.5 Å². The van der Waals surface area contributed by atoms with E-state index in [0.29, 0.717) is 6.04 Å². The SMILES string of the molecule is CC1C=c2ccccc2=CN1CCC1CCCCC1. The van der Waals surface area contributed by atoms with Crippen molar-refractivity contribution in [1.29, 1.82) is 0 Å². The molecule has 0 bridgehead atoms. The first-order chi connectivity index (χ1) is 9.33. The molecule has 1 heterocycles. The van der Waals surface area contributed by atoms with Crippen LogP contribution in [0.2, 0.25) is 0 Å². The fraction of sp³-hybridized carbons (Fsp3) is 0.556. The quantitative estimate of drug-likeness (QED) is 0.803. The minimum Gasteiger partial charge on any atom is -0.371 e. The van der Waals surface area contributed by atoms with Gasteiger partial charge in [0.05, 0.1) is 0 Å². The van der Waals surface area contributed by atoms with Crippen LogP contribution in [0.3, 0.4) is 0 Å². The van der Waals surface area contributed by atoms with E-state index in [1.54, 1.807) is 0 Å². The third kappa shape index (κ3) is 3.02. The standard InChI is InChI=1S/C18H25N/c1-15-13-17-9-5-6-10-18(17)14-19(15)12-11-16-7-3-2-4-8-16/h5-6,9-10,13-16H,2-4,7-8,11-12H2,1H3. The van der Waals surface area contributed by atoms with E-state index in [-0.39, 0.29) is 0 Å². The average molecular weight is 255 g/mol. The molecule has 1 saturated carbocycles. The Balaban J connectivity index is 1.67. The van der Waals surface area contributed by atoms with E-state index in [9.17, 15) is 0 Å². The van der Waals surface area contributed by atoms with Gasteiger partial charge in [-0.3, -0.25) is 0 Å². The maximum absolute atomic E-state index is 2.52. The molecule has 1 aliphatic carbocycles. The Morgan fingerprint density at radius 3 is 2.58 bits per heavy atom. The first kappa shape index (κ1) is 12.8. The lowest BCUT2D eigenvalue weighted by Gasteiger charge is -2.31. The van der Waals surface area contributed by atoms with Gasteiger partial charge < -0.3 is 4.90 Å². The molecule has 0 amide bonds. The van der Waals surface area contributed by atoms with Crippen LogP contribution in [0.5, 0.6) is 0 Å². The lowest BCUT2D eigenvalue weighted by Crippen LogP contribution is -2.40. The van der Waals surface area contributed by atoms with Crippen LogP contribution < -0.4 is 10.4 Å². The summed E-state index contributed by atoms with van der Waals surface area (Å²) in [6.07, 6.45) is 13.4. The van der Waals surface area contributed by atoms with Crippen LogP contribution in [0.25, 0.3) is 12.3 Å². The number of hydrogen-bond donors (Lipinski definition) is 0. The summed E-state index contributed by atoms with van der Waals surface area (Å²) in [5.74, 6) is 0.978. The van der Waals surface area contributed by atoms with E-state index < -0.39 is 0 Å². The molecule has 2 aliphatic rings. The molecule has 1 atom stereocenters. The highest BCUT2D eigenvalue weighted by Crippen LogP contribution is 2.26. The molecule has 0 aromatic heterocycles. The third-order valence-electron chi connectivity index (χ3n) is 4.77. The smallest absolute Gasteiger partial charge is 0.0448 e. The predicted octanol–water partition coefficient (Wildman–Crippen LogP) is 2.88. The number of benzene rings is 1. The molecule has 1 heteroatoms. The van der Waals surface area contributed by atoms with Gasteiger partial charge in [0, 0.05) is 18.8 Å². The van der Waals surface area contributed by atoms with Gasteiger partial charge in [-0.2, -0.15) is 0 Å². The number of hydrogen-bond acceptors (Lipinski definition) is 1. The zero-order valence-corrected chi connectivity index (χ0v) is 12.0. The van der Waals surface area contributed by atoms with Crippen LogP contribution in [0.1, 0.15) is 45.4 Å². The van der Waals surface area contributed by atoms with Gasteiger partial charge in [0.2, 0.25) is 0 Å². The Labute approximate surface area is 116 Å². The highest BCUT2D eigenvalue weighted by Gasteiger charge is 2.16. The zero-order valence-electron chi connectivity index (χ0n) is 12.0. The predicted molar refractivity (Wildman–Crippen MR) is 82.0 cm³/mol. The van der Waals surface area contributed by atoms with Crippen molar-refractivity contribution >= 4 is 12.3 Å². The van der Waals surface area contributed by atoms with Gasteiger partial charge in [-0.15, -0.1) is 0 Å². The Morgan fingerprint density at radius 1 is 1.05 bits per heavy atom.